The summed E-state index contributed by atoms with van der Waals surface area (Å²) in [4.78, 5) is 49.2. The van der Waals surface area contributed by atoms with Crippen molar-refractivity contribution in [3.63, 3.8) is 0 Å². The van der Waals surface area contributed by atoms with Gasteiger partial charge in [0.1, 0.15) is 11.6 Å². The van der Waals surface area contributed by atoms with Crippen LogP contribution in [0.15, 0.2) is 72.8 Å². The van der Waals surface area contributed by atoms with E-state index < -0.39 is 35.1 Å². The number of amides is 3. The molecule has 0 bridgehead atoms. The maximum atomic E-state index is 14.8. The first-order valence-corrected chi connectivity index (χ1v) is 15.4. The SMILES string of the molecule is CC[C@@H](CO)N1C(=O)[C@@H]2[C@@H]3C(=O)N(Cc4ccccc4)CC=C[C@]3(CC)O[C@@]23C=CCN(c2c(C)cccc2C)C(=O)C13. The van der Waals surface area contributed by atoms with Crippen LogP contribution in [0.4, 0.5) is 5.69 Å². The third-order valence-electron chi connectivity index (χ3n) is 9.96. The van der Waals surface area contributed by atoms with Crippen LogP contribution < -0.4 is 4.90 Å². The van der Waals surface area contributed by atoms with Crippen LogP contribution in [0.5, 0.6) is 0 Å². The summed E-state index contributed by atoms with van der Waals surface area (Å²) in [5, 5.41) is 10.5. The zero-order chi connectivity index (χ0) is 30.5. The number of aliphatic hydroxyl groups is 1. The minimum Gasteiger partial charge on any atom is -0.394 e. The number of aryl methyl sites for hydroxylation is 2. The van der Waals surface area contributed by atoms with E-state index in [4.69, 9.17) is 4.74 Å². The molecule has 43 heavy (non-hydrogen) atoms. The molecular weight excluding hydrogens is 542 g/mol. The van der Waals surface area contributed by atoms with Crippen molar-refractivity contribution in [1.82, 2.24) is 9.80 Å². The largest absolute Gasteiger partial charge is 0.394 e. The summed E-state index contributed by atoms with van der Waals surface area (Å²) in [5.41, 5.74) is 1.31. The Kier molecular flexibility index (Phi) is 7.55. The molecule has 2 saturated heterocycles. The average Bonchev–Trinajstić information content (AvgIpc) is 3.30. The van der Waals surface area contributed by atoms with Crippen molar-refractivity contribution in [3.05, 3.63) is 89.5 Å². The minimum atomic E-state index is -1.36. The number of nitrogens with zero attached hydrogens (tertiary/aromatic N) is 3. The lowest BCUT2D eigenvalue weighted by molar-refractivity contribution is -0.153. The Hall–Kier alpha value is -3.75. The van der Waals surface area contributed by atoms with Crippen molar-refractivity contribution in [1.29, 1.82) is 0 Å². The van der Waals surface area contributed by atoms with E-state index in [1.54, 1.807) is 14.7 Å². The smallest absolute Gasteiger partial charge is 0.253 e. The molecule has 0 radical (unpaired) electrons. The summed E-state index contributed by atoms with van der Waals surface area (Å²) >= 11 is 0. The van der Waals surface area contributed by atoms with Gasteiger partial charge in [0.15, 0.2) is 0 Å². The predicted octanol–water partition coefficient (Wildman–Crippen LogP) is 3.94. The van der Waals surface area contributed by atoms with E-state index >= 15 is 0 Å². The maximum Gasteiger partial charge on any atom is 0.253 e. The van der Waals surface area contributed by atoms with Gasteiger partial charge in [0.05, 0.1) is 30.1 Å². The highest BCUT2D eigenvalue weighted by Crippen LogP contribution is 2.59. The zero-order valence-corrected chi connectivity index (χ0v) is 25.4. The lowest BCUT2D eigenvalue weighted by atomic mass is 9.73. The van der Waals surface area contributed by atoms with Crippen LogP contribution in [0.25, 0.3) is 0 Å². The van der Waals surface area contributed by atoms with Crippen LogP contribution in [0, 0.1) is 25.7 Å². The summed E-state index contributed by atoms with van der Waals surface area (Å²) in [5.74, 6) is -2.45. The van der Waals surface area contributed by atoms with Crippen molar-refractivity contribution in [2.24, 2.45) is 11.8 Å². The van der Waals surface area contributed by atoms with Crippen LogP contribution in [0.1, 0.15) is 43.4 Å². The van der Waals surface area contributed by atoms with Gasteiger partial charge in [-0.25, -0.2) is 0 Å². The fourth-order valence-corrected chi connectivity index (χ4v) is 7.94. The number of para-hydroxylation sites is 1. The van der Waals surface area contributed by atoms with Crippen molar-refractivity contribution >= 4 is 23.4 Å². The molecule has 8 nitrogen and oxygen atoms in total. The van der Waals surface area contributed by atoms with Gasteiger partial charge in [-0.2, -0.15) is 0 Å². The highest BCUT2D eigenvalue weighted by atomic mass is 16.5. The van der Waals surface area contributed by atoms with Crippen LogP contribution in [0.3, 0.4) is 0 Å². The first-order chi connectivity index (χ1) is 20.7. The average molecular weight is 584 g/mol. The second kappa shape index (κ2) is 11.1. The van der Waals surface area contributed by atoms with Gasteiger partial charge in [0.2, 0.25) is 11.8 Å². The number of aliphatic hydroxyl groups excluding tert-OH is 1. The zero-order valence-electron chi connectivity index (χ0n) is 25.4. The highest BCUT2D eigenvalue weighted by Gasteiger charge is 2.75. The molecule has 2 aromatic rings. The lowest BCUT2D eigenvalue weighted by Crippen LogP contribution is -2.59. The summed E-state index contributed by atoms with van der Waals surface area (Å²) in [6, 6.07) is 14.1. The first-order valence-electron chi connectivity index (χ1n) is 15.4. The minimum absolute atomic E-state index is 0.153. The Morgan fingerprint density at radius 3 is 2.23 bits per heavy atom. The van der Waals surface area contributed by atoms with Gasteiger partial charge >= 0.3 is 0 Å². The molecule has 6 atom stereocenters. The number of anilines is 1. The van der Waals surface area contributed by atoms with Gasteiger partial charge in [-0.1, -0.05) is 86.7 Å². The molecule has 8 heteroatoms. The van der Waals surface area contributed by atoms with Crippen LogP contribution in [0.2, 0.25) is 0 Å². The number of benzene rings is 2. The van der Waals surface area contributed by atoms with Gasteiger partial charge in [-0.3, -0.25) is 14.4 Å². The number of ether oxygens (including phenoxy) is 1. The molecule has 6 rings (SSSR count). The number of carbonyl (C=O) groups is 3. The van der Waals surface area contributed by atoms with Gasteiger partial charge in [-0.05, 0) is 43.4 Å². The first kappa shape index (κ1) is 29.3. The molecule has 3 amide bonds. The molecule has 0 aliphatic carbocycles. The molecule has 1 unspecified atom stereocenters. The number of carbonyl (C=O) groups excluding carboxylic acids is 3. The van der Waals surface area contributed by atoms with Crippen LogP contribution >= 0.6 is 0 Å². The molecule has 226 valence electrons. The molecule has 0 aromatic heterocycles. The van der Waals surface area contributed by atoms with Crippen LogP contribution in [-0.4, -0.2) is 75.6 Å². The Bertz CT molecular complexity index is 1460. The number of fused-ring (bicyclic) bond motifs is 2. The second-order valence-corrected chi connectivity index (χ2v) is 12.3. The molecule has 0 saturated carbocycles. The summed E-state index contributed by atoms with van der Waals surface area (Å²) in [7, 11) is 0. The van der Waals surface area contributed by atoms with E-state index in [1.165, 1.54) is 0 Å². The molecule has 1 spiro atoms. The third-order valence-corrected chi connectivity index (χ3v) is 9.96. The topological polar surface area (TPSA) is 90.4 Å². The van der Waals surface area contributed by atoms with Gasteiger partial charge in [0, 0.05) is 25.3 Å². The third kappa shape index (κ3) is 4.37. The Balaban J connectivity index is 1.50. The van der Waals surface area contributed by atoms with E-state index in [-0.39, 0.29) is 24.3 Å². The van der Waals surface area contributed by atoms with Gasteiger partial charge < -0.3 is 24.5 Å². The molecule has 4 heterocycles. The highest BCUT2D eigenvalue weighted by molar-refractivity contribution is 6.06. The fourth-order valence-electron chi connectivity index (χ4n) is 7.94. The second-order valence-electron chi connectivity index (χ2n) is 12.3. The van der Waals surface area contributed by atoms with Crippen molar-refractivity contribution in [2.45, 2.75) is 70.4 Å². The van der Waals surface area contributed by atoms with E-state index in [2.05, 4.69) is 0 Å². The molecule has 2 fully saturated rings. The van der Waals surface area contributed by atoms with E-state index in [0.717, 1.165) is 22.4 Å². The van der Waals surface area contributed by atoms with E-state index in [0.29, 0.717) is 32.5 Å². The van der Waals surface area contributed by atoms with Crippen molar-refractivity contribution in [2.75, 3.05) is 24.6 Å². The van der Waals surface area contributed by atoms with Gasteiger partial charge in [-0.15, -0.1) is 0 Å². The standard InChI is InChI=1S/C35H41N3O5/c1-5-26(22-39)38-30-33(42)37(29-23(3)13-10-14-24(29)4)20-12-18-35(30)28(32(38)41)27-31(40)36(21-25-15-8-7-9-16-25)19-11-17-34(27,6-2)43-35/h7-18,26-28,30,39H,5-6,19-22H2,1-4H3/t26-,27+,28-,30?,34-,35-/m0/s1. The van der Waals surface area contributed by atoms with E-state index in [1.807, 2.05) is 101 Å². The lowest BCUT2D eigenvalue weighted by Gasteiger charge is -2.41. The number of rotatable bonds is 7. The quantitative estimate of drug-likeness (QED) is 0.499. The summed E-state index contributed by atoms with van der Waals surface area (Å²) in [6.07, 6.45) is 8.64. The Morgan fingerprint density at radius 2 is 1.58 bits per heavy atom. The normalized spacial score (nSPS) is 30.7. The molecule has 1 N–H and O–H groups in total. The molecule has 4 aliphatic heterocycles. The number of likely N-dealkylation sites (tertiary alicyclic amines) is 1. The predicted molar refractivity (Wildman–Crippen MR) is 164 cm³/mol. The molecule has 2 aromatic carbocycles. The molecule has 4 aliphatic rings. The van der Waals surface area contributed by atoms with Gasteiger partial charge in [0.25, 0.3) is 5.91 Å². The summed E-state index contributed by atoms with van der Waals surface area (Å²) < 4.78 is 7.09. The Morgan fingerprint density at radius 1 is 0.884 bits per heavy atom. The van der Waals surface area contributed by atoms with Crippen molar-refractivity contribution < 1.29 is 24.2 Å². The molecular formula is C35H41N3O5. The van der Waals surface area contributed by atoms with Crippen LogP contribution in [-0.2, 0) is 25.7 Å². The maximum absolute atomic E-state index is 14.8. The number of hydrogen-bond acceptors (Lipinski definition) is 5. The number of hydrogen-bond donors (Lipinski definition) is 1. The Labute approximate surface area is 253 Å². The summed E-state index contributed by atoms with van der Waals surface area (Å²) in [6.45, 7) is 8.65. The fraction of sp³-hybridized carbons (Fsp3) is 0.457. The monoisotopic (exact) mass is 583 g/mol. The van der Waals surface area contributed by atoms with Crippen molar-refractivity contribution in [3.8, 4) is 0 Å². The van der Waals surface area contributed by atoms with E-state index in [9.17, 15) is 19.5 Å².